The van der Waals surface area contributed by atoms with Crippen molar-refractivity contribution in [1.82, 2.24) is 9.62 Å². The monoisotopic (exact) mass is 305 g/mol. The van der Waals surface area contributed by atoms with Crippen LogP contribution in [0.25, 0.3) is 0 Å². The second-order valence-electron chi connectivity index (χ2n) is 5.76. The molecule has 3 atom stereocenters. The maximum atomic E-state index is 11.5. The van der Waals surface area contributed by atoms with Crippen LogP contribution in [0.5, 0.6) is 0 Å². The smallest absolute Gasteiger partial charge is 0.234 e. The third-order valence-electron chi connectivity index (χ3n) is 3.94. The predicted molar refractivity (Wildman–Crippen MR) is 79.6 cm³/mol. The van der Waals surface area contributed by atoms with Crippen molar-refractivity contribution in [2.45, 2.75) is 51.6 Å². The molecule has 1 heterocycles. The molecule has 1 fully saturated rings. The Morgan fingerprint density at radius 3 is 2.60 bits per heavy atom. The molecule has 3 N–H and O–H groups in total. The third kappa shape index (κ3) is 5.03. The van der Waals surface area contributed by atoms with Crippen molar-refractivity contribution in [3.63, 3.8) is 0 Å². The lowest BCUT2D eigenvalue weighted by Crippen LogP contribution is -2.54. The van der Waals surface area contributed by atoms with E-state index in [1.54, 1.807) is 0 Å². The van der Waals surface area contributed by atoms with Crippen molar-refractivity contribution in [3.8, 4) is 0 Å². The Labute approximate surface area is 122 Å². The minimum absolute atomic E-state index is 0.141. The molecule has 0 aromatic heterocycles. The van der Waals surface area contributed by atoms with Gasteiger partial charge in [-0.3, -0.25) is 4.79 Å². The van der Waals surface area contributed by atoms with Gasteiger partial charge in [0.05, 0.1) is 12.3 Å². The number of carbonyl (C=O) groups excluding carboxylic acids is 1. The van der Waals surface area contributed by atoms with Crippen LogP contribution in [0, 0.1) is 5.92 Å². The quantitative estimate of drug-likeness (QED) is 0.707. The summed E-state index contributed by atoms with van der Waals surface area (Å²) in [5.74, 6) is -0.154. The standard InChI is InChI=1S/C13H27N3O3S/c1-4-5-6-12(13(14)17)15-11-7-8-16(9-10(11)2)20(3,18)19/h10-12,15H,4-9H2,1-3H3,(H2,14,17)/t10-,11-,12-/m0/s1. The van der Waals surface area contributed by atoms with Crippen LogP contribution in [-0.2, 0) is 14.8 Å². The number of rotatable bonds is 7. The zero-order valence-electron chi connectivity index (χ0n) is 12.6. The molecule has 6 nitrogen and oxygen atoms in total. The van der Waals surface area contributed by atoms with Gasteiger partial charge in [0.2, 0.25) is 15.9 Å². The van der Waals surface area contributed by atoms with E-state index in [0.717, 1.165) is 19.3 Å². The summed E-state index contributed by atoms with van der Waals surface area (Å²) in [6, 6.07) is -0.172. The van der Waals surface area contributed by atoms with Gasteiger partial charge >= 0.3 is 0 Å². The van der Waals surface area contributed by atoms with Gasteiger partial charge in [0.25, 0.3) is 0 Å². The fourth-order valence-corrected chi connectivity index (χ4v) is 3.57. The lowest BCUT2D eigenvalue weighted by atomic mass is 9.93. The molecule has 118 valence electrons. The summed E-state index contributed by atoms with van der Waals surface area (Å²) in [4.78, 5) is 11.5. The van der Waals surface area contributed by atoms with Crippen LogP contribution < -0.4 is 11.1 Å². The van der Waals surface area contributed by atoms with Crippen LogP contribution in [0.1, 0.15) is 39.5 Å². The first-order valence-electron chi connectivity index (χ1n) is 7.26. The number of piperidine rings is 1. The molecule has 0 bridgehead atoms. The summed E-state index contributed by atoms with van der Waals surface area (Å²) < 4.78 is 24.6. The summed E-state index contributed by atoms with van der Waals surface area (Å²) in [5.41, 5.74) is 5.43. The van der Waals surface area contributed by atoms with Gasteiger partial charge in [-0.15, -0.1) is 0 Å². The molecule has 0 aromatic rings. The highest BCUT2D eigenvalue weighted by Crippen LogP contribution is 2.20. The Bertz CT molecular complexity index is 425. The Balaban J connectivity index is 2.58. The van der Waals surface area contributed by atoms with Crippen molar-refractivity contribution in [3.05, 3.63) is 0 Å². The molecule has 0 aromatic carbocycles. The van der Waals surface area contributed by atoms with Gasteiger partial charge in [0.1, 0.15) is 0 Å². The van der Waals surface area contributed by atoms with E-state index in [2.05, 4.69) is 12.2 Å². The SMILES string of the molecule is CCCC[C@H](N[C@H]1CCN(S(C)(=O)=O)C[C@@H]1C)C(N)=O. The van der Waals surface area contributed by atoms with Gasteiger partial charge < -0.3 is 11.1 Å². The first kappa shape index (κ1) is 17.4. The lowest BCUT2D eigenvalue weighted by molar-refractivity contribution is -0.120. The molecule has 0 aliphatic carbocycles. The van der Waals surface area contributed by atoms with Crippen molar-refractivity contribution >= 4 is 15.9 Å². The Kier molecular flexibility index (Phi) is 6.42. The van der Waals surface area contributed by atoms with Crippen LogP contribution in [0.4, 0.5) is 0 Å². The number of primary amides is 1. The van der Waals surface area contributed by atoms with Crippen molar-refractivity contribution in [2.24, 2.45) is 11.7 Å². The Morgan fingerprint density at radius 1 is 1.50 bits per heavy atom. The van der Waals surface area contributed by atoms with Gasteiger partial charge in [-0.1, -0.05) is 26.7 Å². The highest BCUT2D eigenvalue weighted by Gasteiger charge is 2.32. The first-order valence-corrected chi connectivity index (χ1v) is 9.11. The fraction of sp³-hybridized carbons (Fsp3) is 0.923. The van der Waals surface area contributed by atoms with E-state index in [-0.39, 0.29) is 23.9 Å². The molecule has 20 heavy (non-hydrogen) atoms. The van der Waals surface area contributed by atoms with Crippen LogP contribution in [0.3, 0.4) is 0 Å². The zero-order chi connectivity index (χ0) is 15.3. The largest absolute Gasteiger partial charge is 0.368 e. The van der Waals surface area contributed by atoms with Gasteiger partial charge in [-0.05, 0) is 18.8 Å². The summed E-state index contributed by atoms with van der Waals surface area (Å²) >= 11 is 0. The number of nitrogens with two attached hydrogens (primary N) is 1. The highest BCUT2D eigenvalue weighted by atomic mass is 32.2. The van der Waals surface area contributed by atoms with Crippen LogP contribution in [-0.4, -0.2) is 50.1 Å². The van der Waals surface area contributed by atoms with E-state index in [1.165, 1.54) is 10.6 Å². The predicted octanol–water partition coefficient (Wildman–Crippen LogP) is 0.290. The van der Waals surface area contributed by atoms with Crippen LogP contribution >= 0.6 is 0 Å². The topological polar surface area (TPSA) is 92.5 Å². The minimum atomic E-state index is -3.13. The molecule has 0 spiro atoms. The lowest BCUT2D eigenvalue weighted by Gasteiger charge is -2.37. The molecule has 1 aliphatic rings. The number of hydrogen-bond donors (Lipinski definition) is 2. The number of nitrogens with zero attached hydrogens (tertiary/aromatic N) is 1. The maximum Gasteiger partial charge on any atom is 0.234 e. The molecular weight excluding hydrogens is 278 g/mol. The van der Waals surface area contributed by atoms with Crippen molar-refractivity contribution < 1.29 is 13.2 Å². The number of hydrogen-bond acceptors (Lipinski definition) is 4. The van der Waals surface area contributed by atoms with E-state index < -0.39 is 10.0 Å². The molecule has 0 unspecified atom stereocenters. The molecule has 1 aliphatic heterocycles. The molecule has 1 amide bonds. The molecular formula is C13H27N3O3S. The minimum Gasteiger partial charge on any atom is -0.368 e. The zero-order valence-corrected chi connectivity index (χ0v) is 13.4. The average Bonchev–Trinajstić information content (AvgIpc) is 2.34. The summed E-state index contributed by atoms with van der Waals surface area (Å²) in [7, 11) is -3.13. The van der Waals surface area contributed by atoms with Crippen molar-refractivity contribution in [2.75, 3.05) is 19.3 Å². The van der Waals surface area contributed by atoms with Gasteiger partial charge in [-0.2, -0.15) is 0 Å². The number of nitrogens with one attached hydrogen (secondary N) is 1. The molecule has 1 rings (SSSR count). The van der Waals surface area contributed by atoms with E-state index in [1.807, 2.05) is 6.92 Å². The number of sulfonamides is 1. The summed E-state index contributed by atoms with van der Waals surface area (Å²) in [6.45, 7) is 5.08. The second kappa shape index (κ2) is 7.38. The normalized spacial score (nSPS) is 26.4. The summed E-state index contributed by atoms with van der Waals surface area (Å²) in [6.07, 6.45) is 4.67. The number of carbonyl (C=O) groups is 1. The number of unbranched alkanes of at least 4 members (excludes halogenated alkanes) is 1. The van der Waals surface area contributed by atoms with E-state index in [4.69, 9.17) is 5.73 Å². The molecule has 0 saturated carbocycles. The average molecular weight is 305 g/mol. The van der Waals surface area contributed by atoms with E-state index in [0.29, 0.717) is 19.5 Å². The highest BCUT2D eigenvalue weighted by molar-refractivity contribution is 7.88. The maximum absolute atomic E-state index is 11.5. The molecule has 7 heteroatoms. The second-order valence-corrected chi connectivity index (χ2v) is 7.74. The Hall–Kier alpha value is -0.660. The fourth-order valence-electron chi connectivity index (χ4n) is 2.63. The van der Waals surface area contributed by atoms with Gasteiger partial charge in [-0.25, -0.2) is 12.7 Å². The van der Waals surface area contributed by atoms with Crippen LogP contribution in [0.2, 0.25) is 0 Å². The molecule has 0 radical (unpaired) electrons. The van der Waals surface area contributed by atoms with Crippen molar-refractivity contribution in [1.29, 1.82) is 0 Å². The van der Waals surface area contributed by atoms with E-state index >= 15 is 0 Å². The Morgan fingerprint density at radius 2 is 2.15 bits per heavy atom. The van der Waals surface area contributed by atoms with E-state index in [9.17, 15) is 13.2 Å². The summed E-state index contributed by atoms with van der Waals surface area (Å²) in [5, 5.41) is 3.32. The molecule has 1 saturated heterocycles. The van der Waals surface area contributed by atoms with Crippen LogP contribution in [0.15, 0.2) is 0 Å². The van der Waals surface area contributed by atoms with Gasteiger partial charge in [0.15, 0.2) is 0 Å². The third-order valence-corrected chi connectivity index (χ3v) is 5.21. The van der Waals surface area contributed by atoms with Gasteiger partial charge in [0, 0.05) is 19.1 Å². The number of amides is 1. The first-order chi connectivity index (χ1) is 9.25.